The Labute approximate surface area is 146 Å². The Kier molecular flexibility index (Phi) is 4.95. The number of hydrogen-bond donors (Lipinski definition) is 1. The van der Waals surface area contributed by atoms with Gasteiger partial charge in [-0.25, -0.2) is 4.83 Å². The number of rotatable bonds is 6. The van der Waals surface area contributed by atoms with Crippen LogP contribution in [0.15, 0.2) is 77.0 Å². The first-order chi connectivity index (χ1) is 12.0. The summed E-state index contributed by atoms with van der Waals surface area (Å²) >= 11 is 0. The average Bonchev–Trinajstić information content (AvgIpc) is 3.03. The van der Waals surface area contributed by atoms with E-state index < -0.39 is 10.0 Å². The van der Waals surface area contributed by atoms with Crippen LogP contribution in [0.1, 0.15) is 16.7 Å². The summed E-state index contributed by atoms with van der Waals surface area (Å²) in [6, 6.07) is 16.5. The summed E-state index contributed by atoms with van der Waals surface area (Å²) in [6.45, 7) is 2.54. The fourth-order valence-electron chi connectivity index (χ4n) is 2.24. The maximum absolute atomic E-state index is 12.1. The van der Waals surface area contributed by atoms with E-state index in [0.29, 0.717) is 12.1 Å². The van der Waals surface area contributed by atoms with Crippen molar-refractivity contribution < 1.29 is 8.42 Å². The summed E-state index contributed by atoms with van der Waals surface area (Å²) in [6.07, 6.45) is 4.86. The Morgan fingerprint density at radius 2 is 1.84 bits per heavy atom. The molecule has 0 saturated carbocycles. The quantitative estimate of drug-likeness (QED) is 0.546. The van der Waals surface area contributed by atoms with E-state index in [1.165, 1.54) is 6.21 Å². The van der Waals surface area contributed by atoms with Crippen molar-refractivity contribution in [2.45, 2.75) is 18.4 Å². The molecule has 0 fully saturated rings. The molecule has 0 aliphatic rings. The van der Waals surface area contributed by atoms with E-state index in [0.717, 1.165) is 11.1 Å². The van der Waals surface area contributed by atoms with Crippen LogP contribution in [-0.4, -0.2) is 24.4 Å². The van der Waals surface area contributed by atoms with Crippen molar-refractivity contribution in [1.29, 1.82) is 0 Å². The van der Waals surface area contributed by atoms with Gasteiger partial charge < -0.3 is 0 Å². The van der Waals surface area contributed by atoms with Crippen molar-refractivity contribution in [3.8, 4) is 0 Å². The smallest absolute Gasteiger partial charge is 0.268 e. The summed E-state index contributed by atoms with van der Waals surface area (Å²) in [4.78, 5) is 2.38. The van der Waals surface area contributed by atoms with Crippen molar-refractivity contribution in [1.82, 2.24) is 14.6 Å². The molecule has 128 valence electrons. The standard InChI is InChI=1S/C18H18N4O2S/c1-15-7-9-18(10-8-15)25(23,24)21-19-11-17-12-20-22(14-17)13-16-5-3-2-4-6-16/h2-12,14,21H,13H2,1H3/b19-11-. The largest absolute Gasteiger partial charge is 0.276 e. The predicted octanol–water partition coefficient (Wildman–Crippen LogP) is 2.55. The molecule has 3 aromatic rings. The fourth-order valence-corrected chi connectivity index (χ4v) is 3.03. The van der Waals surface area contributed by atoms with Crippen LogP contribution in [0.25, 0.3) is 0 Å². The van der Waals surface area contributed by atoms with Gasteiger partial charge in [0.1, 0.15) is 0 Å². The molecular formula is C18H18N4O2S. The molecule has 0 aliphatic heterocycles. The second kappa shape index (κ2) is 7.31. The van der Waals surface area contributed by atoms with E-state index in [4.69, 9.17) is 0 Å². The second-order valence-electron chi connectivity index (χ2n) is 5.62. The lowest BCUT2D eigenvalue weighted by Gasteiger charge is -2.03. The van der Waals surface area contributed by atoms with E-state index in [2.05, 4.69) is 15.0 Å². The molecule has 1 aromatic heterocycles. The summed E-state index contributed by atoms with van der Waals surface area (Å²) in [5.74, 6) is 0. The number of nitrogens with zero attached hydrogens (tertiary/aromatic N) is 3. The van der Waals surface area contributed by atoms with Gasteiger partial charge in [0.25, 0.3) is 10.0 Å². The lowest BCUT2D eigenvalue weighted by molar-refractivity contribution is 0.584. The molecule has 25 heavy (non-hydrogen) atoms. The number of nitrogens with one attached hydrogen (secondary N) is 1. The molecule has 0 saturated heterocycles. The zero-order valence-corrected chi connectivity index (χ0v) is 14.5. The van der Waals surface area contributed by atoms with Crippen LogP contribution in [0.2, 0.25) is 0 Å². The minimum absolute atomic E-state index is 0.176. The highest BCUT2D eigenvalue weighted by molar-refractivity contribution is 7.89. The Morgan fingerprint density at radius 3 is 2.56 bits per heavy atom. The van der Waals surface area contributed by atoms with Gasteiger partial charge in [-0.2, -0.15) is 18.6 Å². The molecule has 6 nitrogen and oxygen atoms in total. The molecule has 3 rings (SSSR count). The SMILES string of the molecule is Cc1ccc(S(=O)(=O)N/N=C\c2cnn(Cc3ccccc3)c2)cc1. The average molecular weight is 354 g/mol. The molecule has 0 amide bonds. The van der Waals surface area contributed by atoms with Crippen LogP contribution in [0, 0.1) is 6.92 Å². The molecule has 2 aromatic carbocycles. The van der Waals surface area contributed by atoms with Crippen LogP contribution < -0.4 is 4.83 Å². The zero-order chi connectivity index (χ0) is 17.7. The minimum Gasteiger partial charge on any atom is -0.268 e. The third-order valence-corrected chi connectivity index (χ3v) is 4.80. The predicted molar refractivity (Wildman–Crippen MR) is 96.9 cm³/mol. The molecule has 0 unspecified atom stereocenters. The van der Waals surface area contributed by atoms with Crippen molar-refractivity contribution >= 4 is 16.2 Å². The summed E-state index contributed by atoms with van der Waals surface area (Å²) in [5.41, 5.74) is 2.84. The molecule has 1 N–H and O–H groups in total. The number of aryl methyl sites for hydroxylation is 1. The monoisotopic (exact) mass is 354 g/mol. The highest BCUT2D eigenvalue weighted by Gasteiger charge is 2.11. The van der Waals surface area contributed by atoms with E-state index in [1.54, 1.807) is 41.3 Å². The van der Waals surface area contributed by atoms with Gasteiger partial charge >= 0.3 is 0 Å². The number of aromatic nitrogens is 2. The Bertz CT molecular complexity index is 962. The van der Waals surface area contributed by atoms with Crippen LogP contribution in [-0.2, 0) is 16.6 Å². The van der Waals surface area contributed by atoms with Crippen molar-refractivity contribution in [2.24, 2.45) is 5.10 Å². The molecular weight excluding hydrogens is 336 g/mol. The van der Waals surface area contributed by atoms with Gasteiger partial charge in [-0.05, 0) is 24.6 Å². The Morgan fingerprint density at radius 1 is 1.12 bits per heavy atom. The summed E-state index contributed by atoms with van der Waals surface area (Å²) in [7, 11) is -3.66. The van der Waals surface area contributed by atoms with E-state index >= 15 is 0 Å². The van der Waals surface area contributed by atoms with Crippen LogP contribution in [0.5, 0.6) is 0 Å². The highest BCUT2D eigenvalue weighted by atomic mass is 32.2. The normalized spacial score (nSPS) is 11.7. The van der Waals surface area contributed by atoms with E-state index in [1.807, 2.05) is 37.3 Å². The van der Waals surface area contributed by atoms with Gasteiger partial charge in [0.05, 0.1) is 23.9 Å². The van der Waals surface area contributed by atoms with Crippen LogP contribution in [0.3, 0.4) is 0 Å². The van der Waals surface area contributed by atoms with E-state index in [9.17, 15) is 8.42 Å². The molecule has 7 heteroatoms. The highest BCUT2D eigenvalue weighted by Crippen LogP contribution is 2.09. The third kappa shape index (κ3) is 4.54. The molecule has 0 atom stereocenters. The van der Waals surface area contributed by atoms with Crippen molar-refractivity contribution in [3.63, 3.8) is 0 Å². The second-order valence-corrected chi connectivity index (χ2v) is 7.28. The van der Waals surface area contributed by atoms with Gasteiger partial charge in [-0.1, -0.05) is 48.0 Å². The Balaban J connectivity index is 1.63. The zero-order valence-electron chi connectivity index (χ0n) is 13.7. The molecule has 1 heterocycles. The van der Waals surface area contributed by atoms with Crippen molar-refractivity contribution in [2.75, 3.05) is 0 Å². The van der Waals surface area contributed by atoms with Crippen LogP contribution in [0.4, 0.5) is 0 Å². The Hall–Kier alpha value is -2.93. The maximum atomic E-state index is 12.1. The third-order valence-electron chi connectivity index (χ3n) is 3.56. The molecule has 0 spiro atoms. The molecule has 0 radical (unpaired) electrons. The molecule has 0 bridgehead atoms. The summed E-state index contributed by atoms with van der Waals surface area (Å²) in [5, 5.41) is 8.06. The topological polar surface area (TPSA) is 76.3 Å². The first-order valence-corrected chi connectivity index (χ1v) is 9.19. The van der Waals surface area contributed by atoms with Gasteiger partial charge in [-0.3, -0.25) is 4.68 Å². The van der Waals surface area contributed by atoms with Crippen molar-refractivity contribution in [3.05, 3.63) is 83.7 Å². The lowest BCUT2D eigenvalue weighted by Crippen LogP contribution is -2.18. The molecule has 0 aliphatic carbocycles. The number of benzene rings is 2. The first-order valence-electron chi connectivity index (χ1n) is 7.71. The van der Waals surface area contributed by atoms with Gasteiger partial charge in [0.2, 0.25) is 0 Å². The van der Waals surface area contributed by atoms with Crippen LogP contribution >= 0.6 is 0 Å². The fraction of sp³-hybridized carbons (Fsp3) is 0.111. The van der Waals surface area contributed by atoms with Gasteiger partial charge in [0, 0.05) is 11.8 Å². The maximum Gasteiger partial charge on any atom is 0.276 e. The number of sulfonamides is 1. The number of hydrazone groups is 1. The summed E-state index contributed by atoms with van der Waals surface area (Å²) < 4.78 is 26.0. The van der Waals surface area contributed by atoms with E-state index in [-0.39, 0.29) is 4.90 Å². The number of hydrogen-bond acceptors (Lipinski definition) is 4. The van der Waals surface area contributed by atoms with Gasteiger partial charge in [-0.15, -0.1) is 0 Å². The lowest BCUT2D eigenvalue weighted by atomic mass is 10.2. The van der Waals surface area contributed by atoms with Gasteiger partial charge in [0.15, 0.2) is 0 Å². The minimum atomic E-state index is -3.66. The first kappa shape index (κ1) is 16.9.